The Balaban J connectivity index is 2.48. The van der Waals surface area contributed by atoms with Crippen LogP contribution in [-0.4, -0.2) is 37.4 Å². The van der Waals surface area contributed by atoms with E-state index in [1.807, 2.05) is 19.1 Å². The van der Waals surface area contributed by atoms with E-state index in [2.05, 4.69) is 21.2 Å². The third-order valence-electron chi connectivity index (χ3n) is 2.56. The first-order valence-corrected chi connectivity index (χ1v) is 6.56. The molecule has 0 spiro atoms. The van der Waals surface area contributed by atoms with Gasteiger partial charge in [0.25, 0.3) is 5.91 Å². The number of halogens is 1. The average molecular weight is 316 g/mol. The minimum Gasteiger partial charge on any atom is -0.391 e. The molecule has 0 saturated heterocycles. The molecule has 5 heteroatoms. The number of rotatable bonds is 6. The number of benzene rings is 1. The second-order valence-electron chi connectivity index (χ2n) is 4.09. The lowest BCUT2D eigenvalue weighted by atomic mass is 10.1. The van der Waals surface area contributed by atoms with E-state index < -0.39 is 6.10 Å². The van der Waals surface area contributed by atoms with Gasteiger partial charge in [0, 0.05) is 18.1 Å². The van der Waals surface area contributed by atoms with Gasteiger partial charge in [-0.05, 0) is 40.9 Å². The number of aliphatic hydroxyl groups excluding tert-OH is 1. The fraction of sp³-hybridized carbons (Fsp3) is 0.462. The van der Waals surface area contributed by atoms with E-state index in [1.54, 1.807) is 6.07 Å². The summed E-state index contributed by atoms with van der Waals surface area (Å²) in [7, 11) is 1.53. The fourth-order valence-corrected chi connectivity index (χ4v) is 1.99. The van der Waals surface area contributed by atoms with Crippen LogP contribution in [0.25, 0.3) is 0 Å². The van der Waals surface area contributed by atoms with Gasteiger partial charge in [-0.1, -0.05) is 12.1 Å². The molecule has 2 N–H and O–H groups in total. The molecule has 1 aromatic carbocycles. The predicted octanol–water partition coefficient (Wildman–Crippen LogP) is 1.88. The maximum absolute atomic E-state index is 11.9. The molecule has 0 aliphatic heterocycles. The largest absolute Gasteiger partial charge is 0.391 e. The summed E-state index contributed by atoms with van der Waals surface area (Å²) >= 11 is 3.40. The van der Waals surface area contributed by atoms with Crippen LogP contribution in [0.4, 0.5) is 0 Å². The van der Waals surface area contributed by atoms with Crippen molar-refractivity contribution in [2.75, 3.05) is 20.3 Å². The monoisotopic (exact) mass is 315 g/mol. The van der Waals surface area contributed by atoms with Crippen molar-refractivity contribution in [2.45, 2.75) is 19.4 Å². The molecule has 4 nitrogen and oxygen atoms in total. The Morgan fingerprint density at radius 3 is 2.94 bits per heavy atom. The van der Waals surface area contributed by atoms with Gasteiger partial charge >= 0.3 is 0 Å². The molecule has 0 aromatic heterocycles. The highest BCUT2D eigenvalue weighted by Gasteiger charge is 2.11. The summed E-state index contributed by atoms with van der Waals surface area (Å²) in [5.74, 6) is -0.143. The fourth-order valence-electron chi connectivity index (χ4n) is 1.55. The van der Waals surface area contributed by atoms with Gasteiger partial charge in [-0.2, -0.15) is 0 Å². The van der Waals surface area contributed by atoms with Gasteiger partial charge in [0.15, 0.2) is 0 Å². The molecule has 0 heterocycles. The number of hydrogen-bond acceptors (Lipinski definition) is 3. The van der Waals surface area contributed by atoms with Gasteiger partial charge in [-0.25, -0.2) is 0 Å². The molecule has 0 aliphatic rings. The van der Waals surface area contributed by atoms with Gasteiger partial charge in [0.05, 0.1) is 18.3 Å². The number of amides is 1. The van der Waals surface area contributed by atoms with Gasteiger partial charge in [0.1, 0.15) is 0 Å². The summed E-state index contributed by atoms with van der Waals surface area (Å²) in [5.41, 5.74) is 1.62. The van der Waals surface area contributed by atoms with Crippen molar-refractivity contribution < 1.29 is 14.6 Å². The van der Waals surface area contributed by atoms with E-state index in [0.29, 0.717) is 18.5 Å². The number of carbonyl (C=O) groups is 1. The number of carbonyl (C=O) groups excluding carboxylic acids is 1. The topological polar surface area (TPSA) is 58.6 Å². The van der Waals surface area contributed by atoms with Gasteiger partial charge < -0.3 is 15.2 Å². The summed E-state index contributed by atoms with van der Waals surface area (Å²) in [6, 6.07) is 5.54. The van der Waals surface area contributed by atoms with Crippen LogP contribution in [0.2, 0.25) is 0 Å². The van der Waals surface area contributed by atoms with E-state index in [4.69, 9.17) is 4.74 Å². The zero-order chi connectivity index (χ0) is 13.5. The van der Waals surface area contributed by atoms with Gasteiger partial charge in [0.2, 0.25) is 0 Å². The normalized spacial score (nSPS) is 12.2. The molecular weight excluding hydrogens is 298 g/mol. The first kappa shape index (κ1) is 15.1. The SMILES string of the molecule is COCC(O)CCNC(=O)c1cccc(C)c1Br. The predicted molar refractivity (Wildman–Crippen MR) is 73.7 cm³/mol. The molecule has 1 atom stereocenters. The molecule has 0 bridgehead atoms. The van der Waals surface area contributed by atoms with Crippen molar-refractivity contribution >= 4 is 21.8 Å². The summed E-state index contributed by atoms with van der Waals surface area (Å²) in [5, 5.41) is 12.2. The van der Waals surface area contributed by atoms with Crippen LogP contribution >= 0.6 is 15.9 Å². The van der Waals surface area contributed by atoms with Crippen molar-refractivity contribution in [3.63, 3.8) is 0 Å². The molecule has 0 fully saturated rings. The van der Waals surface area contributed by atoms with Crippen molar-refractivity contribution in [1.82, 2.24) is 5.32 Å². The van der Waals surface area contributed by atoms with Crippen molar-refractivity contribution in [3.05, 3.63) is 33.8 Å². The lowest BCUT2D eigenvalue weighted by molar-refractivity contribution is 0.0587. The van der Waals surface area contributed by atoms with E-state index in [1.165, 1.54) is 7.11 Å². The molecule has 0 radical (unpaired) electrons. The second-order valence-corrected chi connectivity index (χ2v) is 4.88. The van der Waals surface area contributed by atoms with E-state index in [0.717, 1.165) is 10.0 Å². The highest BCUT2D eigenvalue weighted by molar-refractivity contribution is 9.10. The number of aryl methyl sites for hydroxylation is 1. The Morgan fingerprint density at radius 2 is 2.28 bits per heavy atom. The van der Waals surface area contributed by atoms with Crippen LogP contribution < -0.4 is 5.32 Å². The summed E-state index contributed by atoms with van der Waals surface area (Å²) in [6.07, 6.45) is -0.0699. The Hall–Kier alpha value is -0.910. The smallest absolute Gasteiger partial charge is 0.252 e. The third-order valence-corrected chi connectivity index (χ3v) is 3.61. The van der Waals surface area contributed by atoms with Crippen molar-refractivity contribution in [3.8, 4) is 0 Å². The van der Waals surface area contributed by atoms with Crippen LogP contribution in [-0.2, 0) is 4.74 Å². The molecular formula is C13H18BrNO3. The quantitative estimate of drug-likeness (QED) is 0.842. The van der Waals surface area contributed by atoms with E-state index in [-0.39, 0.29) is 12.5 Å². The van der Waals surface area contributed by atoms with Crippen LogP contribution in [0.5, 0.6) is 0 Å². The second kappa shape index (κ2) is 7.51. The lowest BCUT2D eigenvalue weighted by Crippen LogP contribution is -2.28. The van der Waals surface area contributed by atoms with Crippen molar-refractivity contribution in [1.29, 1.82) is 0 Å². The average Bonchev–Trinajstić information content (AvgIpc) is 2.33. The molecule has 18 heavy (non-hydrogen) atoms. The molecule has 1 rings (SSSR count). The molecule has 1 unspecified atom stereocenters. The summed E-state index contributed by atoms with van der Waals surface area (Å²) in [4.78, 5) is 11.9. The molecule has 0 aliphatic carbocycles. The van der Waals surface area contributed by atoms with Gasteiger partial charge in [-0.3, -0.25) is 4.79 Å². The third kappa shape index (κ3) is 4.40. The molecule has 0 saturated carbocycles. The van der Waals surface area contributed by atoms with E-state index >= 15 is 0 Å². The minimum atomic E-state index is -0.545. The Kier molecular flexibility index (Phi) is 6.32. The Labute approximate surface area is 115 Å². The zero-order valence-electron chi connectivity index (χ0n) is 10.6. The first-order valence-electron chi connectivity index (χ1n) is 5.76. The molecule has 100 valence electrons. The first-order chi connectivity index (χ1) is 8.56. The zero-order valence-corrected chi connectivity index (χ0v) is 12.2. The van der Waals surface area contributed by atoms with Crippen molar-refractivity contribution in [2.24, 2.45) is 0 Å². The highest BCUT2D eigenvalue weighted by Crippen LogP contribution is 2.20. The molecule has 1 amide bonds. The van der Waals surface area contributed by atoms with E-state index in [9.17, 15) is 9.90 Å². The van der Waals surface area contributed by atoms with Crippen LogP contribution in [0.3, 0.4) is 0 Å². The lowest BCUT2D eigenvalue weighted by Gasteiger charge is -2.11. The highest BCUT2D eigenvalue weighted by atomic mass is 79.9. The molecule has 1 aromatic rings. The van der Waals surface area contributed by atoms with Crippen LogP contribution in [0.1, 0.15) is 22.3 Å². The Bertz CT molecular complexity index is 409. The number of aliphatic hydroxyl groups is 1. The van der Waals surface area contributed by atoms with Crippen LogP contribution in [0.15, 0.2) is 22.7 Å². The number of methoxy groups -OCH3 is 1. The standard InChI is InChI=1S/C13H18BrNO3/c1-9-4-3-5-11(12(9)14)13(17)15-7-6-10(16)8-18-2/h3-5,10,16H,6-8H2,1-2H3,(H,15,17). The Morgan fingerprint density at radius 1 is 1.56 bits per heavy atom. The summed E-state index contributed by atoms with van der Waals surface area (Å²) < 4.78 is 5.62. The maximum Gasteiger partial charge on any atom is 0.252 e. The number of ether oxygens (including phenoxy) is 1. The maximum atomic E-state index is 11.9. The van der Waals surface area contributed by atoms with Crippen LogP contribution in [0, 0.1) is 6.92 Å². The minimum absolute atomic E-state index is 0.143. The number of hydrogen-bond donors (Lipinski definition) is 2. The number of nitrogens with one attached hydrogen (secondary N) is 1. The summed E-state index contributed by atoms with van der Waals surface area (Å²) in [6.45, 7) is 2.64. The van der Waals surface area contributed by atoms with Gasteiger partial charge in [-0.15, -0.1) is 0 Å².